The molecule has 0 bridgehead atoms. The monoisotopic (exact) mass is 391 g/mol. The van der Waals surface area contributed by atoms with Crippen LogP contribution in [0.5, 0.6) is 11.5 Å². The van der Waals surface area contributed by atoms with Crippen LogP contribution in [-0.2, 0) is 16.1 Å². The second kappa shape index (κ2) is 9.70. The number of rotatable bonds is 9. The van der Waals surface area contributed by atoms with E-state index in [9.17, 15) is 19.1 Å². The van der Waals surface area contributed by atoms with E-state index in [1.165, 1.54) is 32.4 Å². The van der Waals surface area contributed by atoms with Gasteiger partial charge in [0.2, 0.25) is 5.91 Å². The maximum Gasteiger partial charge on any atom is 0.323 e. The molecule has 150 valence electrons. The van der Waals surface area contributed by atoms with Crippen LogP contribution in [0.4, 0.5) is 4.39 Å². The van der Waals surface area contributed by atoms with Crippen LogP contribution in [0.15, 0.2) is 42.5 Å². The maximum atomic E-state index is 13.3. The molecule has 2 N–H and O–H groups in total. The van der Waals surface area contributed by atoms with Crippen molar-refractivity contribution in [3.05, 3.63) is 59.4 Å². The summed E-state index contributed by atoms with van der Waals surface area (Å²) in [6.07, 6.45) is -1.63. The van der Waals surface area contributed by atoms with E-state index in [4.69, 9.17) is 14.6 Å². The Labute approximate surface area is 161 Å². The molecule has 8 heteroatoms. The smallest absolute Gasteiger partial charge is 0.323 e. The van der Waals surface area contributed by atoms with Gasteiger partial charge in [-0.2, -0.15) is 0 Å². The Kier molecular flexibility index (Phi) is 7.34. The fourth-order valence-electron chi connectivity index (χ4n) is 2.70. The summed E-state index contributed by atoms with van der Waals surface area (Å²) in [5, 5.41) is 19.4. The first-order chi connectivity index (χ1) is 13.3. The lowest BCUT2D eigenvalue weighted by molar-refractivity contribution is -0.145. The number of benzene rings is 2. The summed E-state index contributed by atoms with van der Waals surface area (Å²) in [6.45, 7) is -0.567. The molecule has 0 spiro atoms. The van der Waals surface area contributed by atoms with Crippen LogP contribution in [0.25, 0.3) is 0 Å². The Balaban J connectivity index is 2.18. The lowest BCUT2D eigenvalue weighted by Crippen LogP contribution is -2.36. The van der Waals surface area contributed by atoms with Gasteiger partial charge in [0.05, 0.1) is 26.7 Å². The van der Waals surface area contributed by atoms with Gasteiger partial charge >= 0.3 is 5.97 Å². The van der Waals surface area contributed by atoms with Gasteiger partial charge in [0, 0.05) is 12.6 Å². The highest BCUT2D eigenvalue weighted by molar-refractivity contribution is 5.81. The minimum Gasteiger partial charge on any atom is -0.497 e. The van der Waals surface area contributed by atoms with Crippen molar-refractivity contribution in [3.8, 4) is 11.5 Å². The van der Waals surface area contributed by atoms with Crippen LogP contribution in [-0.4, -0.2) is 47.8 Å². The van der Waals surface area contributed by atoms with Gasteiger partial charge in [-0.05, 0) is 35.4 Å². The third kappa shape index (κ3) is 5.95. The summed E-state index contributed by atoms with van der Waals surface area (Å²) in [5.41, 5.74) is 0.845. The molecule has 2 aromatic rings. The van der Waals surface area contributed by atoms with Crippen LogP contribution in [0.1, 0.15) is 23.7 Å². The van der Waals surface area contributed by atoms with Crippen molar-refractivity contribution in [1.82, 2.24) is 4.90 Å². The molecular weight excluding hydrogens is 369 g/mol. The van der Waals surface area contributed by atoms with Crippen LogP contribution in [0.3, 0.4) is 0 Å². The van der Waals surface area contributed by atoms with Gasteiger partial charge in [-0.3, -0.25) is 9.59 Å². The molecule has 0 saturated carbocycles. The molecule has 1 amide bonds. The van der Waals surface area contributed by atoms with E-state index in [-0.39, 0.29) is 18.5 Å². The fraction of sp³-hybridized carbons (Fsp3) is 0.300. The van der Waals surface area contributed by atoms with Gasteiger partial charge in [-0.15, -0.1) is 0 Å². The number of methoxy groups -OCH3 is 2. The predicted octanol–water partition coefficient (Wildman–Crippen LogP) is 2.38. The van der Waals surface area contributed by atoms with Crippen molar-refractivity contribution in [1.29, 1.82) is 0 Å². The number of carboxylic acid groups (broad SMARTS) is 1. The molecule has 7 nitrogen and oxygen atoms in total. The van der Waals surface area contributed by atoms with Crippen molar-refractivity contribution in [2.45, 2.75) is 19.1 Å². The third-order valence-electron chi connectivity index (χ3n) is 4.06. The van der Waals surface area contributed by atoms with Crippen LogP contribution >= 0.6 is 0 Å². The van der Waals surface area contributed by atoms with E-state index < -0.39 is 30.3 Å². The normalized spacial score (nSPS) is 11.6. The summed E-state index contributed by atoms with van der Waals surface area (Å²) < 4.78 is 23.7. The van der Waals surface area contributed by atoms with E-state index in [0.717, 1.165) is 11.0 Å². The average Bonchev–Trinajstić information content (AvgIpc) is 2.66. The second-order valence-corrected chi connectivity index (χ2v) is 6.14. The molecule has 0 fully saturated rings. The molecule has 2 rings (SSSR count). The summed E-state index contributed by atoms with van der Waals surface area (Å²) >= 11 is 0. The number of nitrogens with zero attached hydrogens (tertiary/aromatic N) is 1. The summed E-state index contributed by atoms with van der Waals surface area (Å²) in [6, 6.07) is 10.3. The topological polar surface area (TPSA) is 96.3 Å². The standard InChI is InChI=1S/C20H22FNO6/c1-27-16-6-13(7-17(9-16)28-2)11-22(12-20(25)26)19(24)10-18(23)14-4-3-5-15(21)8-14/h3-9,18,23H,10-12H2,1-2H3,(H,25,26). The van der Waals surface area contributed by atoms with E-state index in [2.05, 4.69) is 0 Å². The molecule has 1 atom stereocenters. The van der Waals surface area contributed by atoms with Crippen molar-refractivity contribution < 1.29 is 33.7 Å². The van der Waals surface area contributed by atoms with E-state index >= 15 is 0 Å². The number of halogens is 1. The maximum absolute atomic E-state index is 13.3. The van der Waals surface area contributed by atoms with E-state index in [1.54, 1.807) is 18.2 Å². The summed E-state index contributed by atoms with van der Waals surface area (Å²) in [4.78, 5) is 24.9. The highest BCUT2D eigenvalue weighted by Gasteiger charge is 2.22. The second-order valence-electron chi connectivity index (χ2n) is 6.14. The fourth-order valence-corrected chi connectivity index (χ4v) is 2.70. The first kappa shape index (κ1) is 21.2. The summed E-state index contributed by atoms with van der Waals surface area (Å²) in [5.74, 6) is -1.31. The highest BCUT2D eigenvalue weighted by atomic mass is 19.1. The molecule has 0 radical (unpaired) electrons. The first-order valence-corrected chi connectivity index (χ1v) is 8.47. The largest absolute Gasteiger partial charge is 0.497 e. The average molecular weight is 391 g/mol. The Morgan fingerprint density at radius 1 is 1.11 bits per heavy atom. The van der Waals surface area contributed by atoms with Crippen LogP contribution in [0.2, 0.25) is 0 Å². The first-order valence-electron chi connectivity index (χ1n) is 8.47. The molecule has 1 unspecified atom stereocenters. The molecule has 2 aromatic carbocycles. The van der Waals surface area contributed by atoms with E-state index in [1.807, 2.05) is 0 Å². The Bertz CT molecular complexity index is 819. The lowest BCUT2D eigenvalue weighted by atomic mass is 10.1. The van der Waals surface area contributed by atoms with Gasteiger partial charge < -0.3 is 24.6 Å². The Hall–Kier alpha value is -3.13. The molecule has 0 aromatic heterocycles. The number of hydrogen-bond donors (Lipinski definition) is 2. The number of hydrogen-bond acceptors (Lipinski definition) is 5. The van der Waals surface area contributed by atoms with Crippen molar-refractivity contribution >= 4 is 11.9 Å². The van der Waals surface area contributed by atoms with Gasteiger partial charge in [0.1, 0.15) is 23.9 Å². The predicted molar refractivity (Wildman–Crippen MR) is 98.6 cm³/mol. The molecule has 0 aliphatic rings. The summed E-state index contributed by atoms with van der Waals surface area (Å²) in [7, 11) is 2.96. The molecule has 0 saturated heterocycles. The van der Waals surface area contributed by atoms with Gasteiger partial charge in [0.15, 0.2) is 0 Å². The number of aliphatic carboxylic acids is 1. The van der Waals surface area contributed by atoms with E-state index in [0.29, 0.717) is 17.1 Å². The minimum atomic E-state index is -1.25. The minimum absolute atomic E-state index is 0.0193. The van der Waals surface area contributed by atoms with Gasteiger partial charge in [0.25, 0.3) is 0 Å². The van der Waals surface area contributed by atoms with Crippen molar-refractivity contribution in [3.63, 3.8) is 0 Å². The quantitative estimate of drug-likeness (QED) is 0.681. The number of aliphatic hydroxyl groups excluding tert-OH is 1. The molecule has 0 aliphatic carbocycles. The highest BCUT2D eigenvalue weighted by Crippen LogP contribution is 2.24. The van der Waals surface area contributed by atoms with Gasteiger partial charge in [-0.25, -0.2) is 4.39 Å². The molecule has 0 aliphatic heterocycles. The number of amides is 1. The molecular formula is C20H22FNO6. The van der Waals surface area contributed by atoms with Crippen molar-refractivity contribution in [2.75, 3.05) is 20.8 Å². The number of carboxylic acids is 1. The zero-order valence-electron chi connectivity index (χ0n) is 15.6. The van der Waals surface area contributed by atoms with Gasteiger partial charge in [-0.1, -0.05) is 12.1 Å². The van der Waals surface area contributed by atoms with Crippen LogP contribution < -0.4 is 9.47 Å². The SMILES string of the molecule is COc1cc(CN(CC(=O)O)C(=O)CC(O)c2cccc(F)c2)cc(OC)c1. The number of ether oxygens (including phenoxy) is 2. The number of aliphatic hydroxyl groups is 1. The Morgan fingerprint density at radius 3 is 2.29 bits per heavy atom. The zero-order valence-corrected chi connectivity index (χ0v) is 15.6. The van der Waals surface area contributed by atoms with Crippen LogP contribution in [0, 0.1) is 5.82 Å². The zero-order chi connectivity index (χ0) is 20.7. The number of carbonyl (C=O) groups is 2. The third-order valence-corrected chi connectivity index (χ3v) is 4.06. The van der Waals surface area contributed by atoms with Crippen molar-refractivity contribution in [2.24, 2.45) is 0 Å². The molecule has 28 heavy (non-hydrogen) atoms. The number of carbonyl (C=O) groups excluding carboxylic acids is 1. The Morgan fingerprint density at radius 2 is 1.75 bits per heavy atom. The molecule has 0 heterocycles. The lowest BCUT2D eigenvalue weighted by Gasteiger charge is -2.23.